The van der Waals surface area contributed by atoms with Crippen molar-refractivity contribution in [2.45, 2.75) is 13.1 Å². The van der Waals surface area contributed by atoms with E-state index in [1.54, 1.807) is 11.8 Å². The number of nitrogens with one attached hydrogen (secondary N) is 1. The van der Waals surface area contributed by atoms with E-state index in [9.17, 15) is 18.0 Å². The molecule has 1 fully saturated rings. The van der Waals surface area contributed by atoms with Crippen LogP contribution in [-0.4, -0.2) is 59.0 Å². The molecule has 1 aliphatic rings. The average molecular weight is 396 g/mol. The van der Waals surface area contributed by atoms with Crippen molar-refractivity contribution in [2.24, 2.45) is 0 Å². The van der Waals surface area contributed by atoms with Crippen LogP contribution in [0.2, 0.25) is 0 Å². The minimum absolute atomic E-state index is 0.0398. The van der Waals surface area contributed by atoms with Gasteiger partial charge in [0.2, 0.25) is 5.95 Å². The van der Waals surface area contributed by atoms with Crippen LogP contribution in [-0.2, 0) is 10.9 Å². The molecule has 11 heteroatoms. The summed E-state index contributed by atoms with van der Waals surface area (Å²) in [6, 6.07) is 5.08. The standard InChI is InChI=1S/C17H19F3N6O2/c1-2-28-16(27)26-9-7-25(8-10-26)14-11-21-24-15(23-14)22-13-6-4-3-5-12(13)17(18,19)20/h3-6,11H,2,7-10H2,1H3,(H,22,23,24). The van der Waals surface area contributed by atoms with Gasteiger partial charge in [-0.05, 0) is 19.1 Å². The lowest BCUT2D eigenvalue weighted by Gasteiger charge is -2.34. The number of amides is 1. The summed E-state index contributed by atoms with van der Waals surface area (Å²) in [4.78, 5) is 19.5. The number of anilines is 3. The molecule has 1 N–H and O–H groups in total. The van der Waals surface area contributed by atoms with Crippen molar-refractivity contribution in [1.82, 2.24) is 20.1 Å². The molecular formula is C17H19F3N6O2. The first-order chi connectivity index (χ1) is 13.4. The Kier molecular flexibility index (Phi) is 5.81. The van der Waals surface area contributed by atoms with E-state index in [4.69, 9.17) is 4.74 Å². The number of hydrogen-bond acceptors (Lipinski definition) is 7. The van der Waals surface area contributed by atoms with Crippen LogP contribution in [0.5, 0.6) is 0 Å². The van der Waals surface area contributed by atoms with Crippen molar-refractivity contribution in [1.29, 1.82) is 0 Å². The van der Waals surface area contributed by atoms with Crippen LogP contribution in [0, 0.1) is 0 Å². The van der Waals surface area contributed by atoms with Crippen LogP contribution in [0.25, 0.3) is 0 Å². The SMILES string of the molecule is CCOC(=O)N1CCN(c2cnnc(Nc3ccccc3C(F)(F)F)n2)CC1. The van der Waals surface area contributed by atoms with Crippen molar-refractivity contribution >= 4 is 23.5 Å². The summed E-state index contributed by atoms with van der Waals surface area (Å²) in [7, 11) is 0. The van der Waals surface area contributed by atoms with Gasteiger partial charge in [0.15, 0.2) is 5.82 Å². The number of carbonyl (C=O) groups is 1. The predicted molar refractivity (Wildman–Crippen MR) is 95.4 cm³/mol. The molecule has 28 heavy (non-hydrogen) atoms. The fourth-order valence-corrected chi connectivity index (χ4v) is 2.79. The molecule has 2 heterocycles. The molecule has 0 spiro atoms. The lowest BCUT2D eigenvalue weighted by molar-refractivity contribution is -0.136. The Labute approximate surface area is 159 Å². The van der Waals surface area contributed by atoms with Crippen LogP contribution in [0.1, 0.15) is 12.5 Å². The number of ether oxygens (including phenoxy) is 1. The van der Waals surface area contributed by atoms with Crippen LogP contribution in [0.4, 0.5) is 35.4 Å². The summed E-state index contributed by atoms with van der Waals surface area (Å²) in [5.74, 6) is 0.424. The fourth-order valence-electron chi connectivity index (χ4n) is 2.79. The van der Waals surface area contributed by atoms with Gasteiger partial charge in [-0.1, -0.05) is 12.1 Å². The Morgan fingerprint density at radius 2 is 1.93 bits per heavy atom. The van der Waals surface area contributed by atoms with Gasteiger partial charge in [-0.3, -0.25) is 0 Å². The highest BCUT2D eigenvalue weighted by molar-refractivity contribution is 5.68. The monoisotopic (exact) mass is 396 g/mol. The molecule has 150 valence electrons. The number of halogens is 3. The average Bonchev–Trinajstić information content (AvgIpc) is 2.68. The normalized spacial score (nSPS) is 14.7. The molecule has 1 aliphatic heterocycles. The highest BCUT2D eigenvalue weighted by Crippen LogP contribution is 2.35. The molecule has 0 bridgehead atoms. The Morgan fingerprint density at radius 1 is 1.21 bits per heavy atom. The van der Waals surface area contributed by atoms with E-state index in [1.165, 1.54) is 24.4 Å². The maximum atomic E-state index is 13.1. The number of carbonyl (C=O) groups excluding carboxylic acids is 1. The minimum Gasteiger partial charge on any atom is -0.450 e. The summed E-state index contributed by atoms with van der Waals surface area (Å²) in [5, 5.41) is 10.2. The van der Waals surface area contributed by atoms with Gasteiger partial charge < -0.3 is 19.9 Å². The van der Waals surface area contributed by atoms with E-state index in [1.807, 2.05) is 4.90 Å². The van der Waals surface area contributed by atoms with E-state index in [-0.39, 0.29) is 17.7 Å². The zero-order valence-electron chi connectivity index (χ0n) is 15.1. The molecule has 1 aromatic carbocycles. The zero-order chi connectivity index (χ0) is 20.1. The van der Waals surface area contributed by atoms with Gasteiger partial charge in [0.25, 0.3) is 0 Å². The number of rotatable bonds is 4. The predicted octanol–water partition coefficient (Wildman–Crippen LogP) is 2.91. The molecule has 0 atom stereocenters. The van der Waals surface area contributed by atoms with E-state index < -0.39 is 11.7 Å². The first kappa shape index (κ1) is 19.6. The number of benzene rings is 1. The molecule has 0 unspecified atom stereocenters. The minimum atomic E-state index is -4.50. The molecule has 8 nitrogen and oxygen atoms in total. The Balaban J connectivity index is 1.70. The van der Waals surface area contributed by atoms with E-state index >= 15 is 0 Å². The molecule has 2 aromatic rings. The summed E-state index contributed by atoms with van der Waals surface area (Å²) < 4.78 is 44.4. The smallest absolute Gasteiger partial charge is 0.418 e. The second-order valence-corrected chi connectivity index (χ2v) is 5.98. The molecule has 3 rings (SSSR count). The second kappa shape index (κ2) is 8.28. The molecule has 0 aliphatic carbocycles. The van der Waals surface area contributed by atoms with E-state index in [0.29, 0.717) is 38.6 Å². The maximum absolute atomic E-state index is 13.1. The number of nitrogens with zero attached hydrogens (tertiary/aromatic N) is 5. The van der Waals surface area contributed by atoms with Gasteiger partial charge in [-0.25, -0.2) is 4.79 Å². The lowest BCUT2D eigenvalue weighted by atomic mass is 10.1. The van der Waals surface area contributed by atoms with Crippen LogP contribution < -0.4 is 10.2 Å². The number of aromatic nitrogens is 3. The van der Waals surface area contributed by atoms with Gasteiger partial charge in [-0.15, -0.1) is 5.10 Å². The maximum Gasteiger partial charge on any atom is 0.418 e. The Hall–Kier alpha value is -3.11. The summed E-state index contributed by atoms with van der Waals surface area (Å²) >= 11 is 0. The van der Waals surface area contributed by atoms with Gasteiger partial charge in [0, 0.05) is 26.2 Å². The summed E-state index contributed by atoms with van der Waals surface area (Å²) in [6.45, 7) is 3.94. The van der Waals surface area contributed by atoms with Crippen molar-refractivity contribution in [3.63, 3.8) is 0 Å². The van der Waals surface area contributed by atoms with Gasteiger partial charge in [0.05, 0.1) is 24.1 Å². The molecule has 0 radical (unpaired) electrons. The van der Waals surface area contributed by atoms with E-state index in [0.717, 1.165) is 6.07 Å². The van der Waals surface area contributed by atoms with Gasteiger partial charge in [-0.2, -0.15) is 23.3 Å². The van der Waals surface area contributed by atoms with Crippen molar-refractivity contribution in [3.05, 3.63) is 36.0 Å². The molecule has 1 saturated heterocycles. The van der Waals surface area contributed by atoms with Crippen molar-refractivity contribution in [3.8, 4) is 0 Å². The Morgan fingerprint density at radius 3 is 2.61 bits per heavy atom. The lowest BCUT2D eigenvalue weighted by Crippen LogP contribution is -2.49. The quantitative estimate of drug-likeness (QED) is 0.851. The first-order valence-corrected chi connectivity index (χ1v) is 8.68. The third kappa shape index (κ3) is 4.59. The number of para-hydroxylation sites is 1. The van der Waals surface area contributed by atoms with Crippen molar-refractivity contribution < 1.29 is 22.7 Å². The third-order valence-electron chi connectivity index (χ3n) is 4.15. The number of alkyl halides is 3. The first-order valence-electron chi connectivity index (χ1n) is 8.68. The van der Waals surface area contributed by atoms with Gasteiger partial charge in [0.1, 0.15) is 0 Å². The highest BCUT2D eigenvalue weighted by Gasteiger charge is 2.33. The Bertz CT molecular complexity index is 825. The van der Waals surface area contributed by atoms with Crippen LogP contribution in [0.3, 0.4) is 0 Å². The summed E-state index contributed by atoms with van der Waals surface area (Å²) in [6.07, 6.45) is -3.44. The highest BCUT2D eigenvalue weighted by atomic mass is 19.4. The molecular weight excluding hydrogens is 377 g/mol. The third-order valence-corrected chi connectivity index (χ3v) is 4.15. The largest absolute Gasteiger partial charge is 0.450 e. The fraction of sp³-hybridized carbons (Fsp3) is 0.412. The molecule has 0 saturated carbocycles. The van der Waals surface area contributed by atoms with Gasteiger partial charge >= 0.3 is 12.3 Å². The second-order valence-electron chi connectivity index (χ2n) is 5.98. The zero-order valence-corrected chi connectivity index (χ0v) is 15.1. The van der Waals surface area contributed by atoms with Crippen molar-refractivity contribution in [2.75, 3.05) is 43.0 Å². The topological polar surface area (TPSA) is 83.5 Å². The van der Waals surface area contributed by atoms with E-state index in [2.05, 4.69) is 20.5 Å². The molecule has 1 amide bonds. The molecule has 1 aromatic heterocycles. The number of hydrogen-bond donors (Lipinski definition) is 1. The number of piperazine rings is 1. The van der Waals surface area contributed by atoms with Crippen LogP contribution >= 0.6 is 0 Å². The summed E-state index contributed by atoms with van der Waals surface area (Å²) in [5.41, 5.74) is -0.965. The van der Waals surface area contributed by atoms with Crippen LogP contribution in [0.15, 0.2) is 30.5 Å².